The van der Waals surface area contributed by atoms with Crippen LogP contribution in [0.2, 0.25) is 0 Å². The van der Waals surface area contributed by atoms with Gasteiger partial charge < -0.3 is 29.3 Å². The molecule has 1 saturated heterocycles. The van der Waals surface area contributed by atoms with E-state index in [2.05, 4.69) is 5.32 Å². The standard InChI is InChI=1S/C16H27N3O7/c1-10-8-19(16(23)17-14(10)22)15-13(12(21)11(9-20)26-15)25-7-6-24-5-4-18(2)3/h8,10-13,15,20-21H,4-7,9H2,1-3H3/p+1/t10?,11-,12?,13+,15-/m1/s1. The minimum atomic E-state index is -1.11. The second-order valence-corrected chi connectivity index (χ2v) is 6.63. The Morgan fingerprint density at radius 3 is 2.69 bits per heavy atom. The van der Waals surface area contributed by atoms with Crippen molar-refractivity contribution in [3.05, 3.63) is 0 Å². The number of likely N-dealkylation sites (N-methyl/N-ethyl adjacent to an activating group) is 1. The van der Waals surface area contributed by atoms with E-state index in [-0.39, 0.29) is 6.61 Å². The summed E-state index contributed by atoms with van der Waals surface area (Å²) < 4.78 is 17.9. The Bertz CT molecular complexity index is 540. The number of amides is 3. The van der Waals surface area contributed by atoms with E-state index in [1.165, 1.54) is 10.8 Å². The zero-order chi connectivity index (χ0) is 19.3. The highest BCUT2D eigenvalue weighted by Gasteiger charge is 2.51. The molecule has 26 heavy (non-hydrogen) atoms. The number of imide groups is 1. The van der Waals surface area contributed by atoms with E-state index in [0.717, 1.165) is 6.54 Å². The smallest absolute Gasteiger partial charge is 0.394 e. The second kappa shape index (κ2) is 9.49. The number of ether oxygens (including phenoxy) is 3. The number of rotatable bonds is 9. The Balaban J connectivity index is 1.98. The number of carbonyl (C=O) groups is 2. The van der Waals surface area contributed by atoms with Crippen LogP contribution in [0.15, 0.2) is 0 Å². The first-order valence-electron chi connectivity index (χ1n) is 8.61. The summed E-state index contributed by atoms with van der Waals surface area (Å²) in [6, 6.07) is -0.653. The van der Waals surface area contributed by atoms with E-state index >= 15 is 0 Å². The lowest BCUT2D eigenvalue weighted by Gasteiger charge is -2.22. The number of nitrogens with one attached hydrogen (secondary N) is 1. The summed E-state index contributed by atoms with van der Waals surface area (Å²) in [4.78, 5) is 25.7. The second-order valence-electron chi connectivity index (χ2n) is 6.63. The molecule has 0 aromatic rings. The summed E-state index contributed by atoms with van der Waals surface area (Å²) >= 11 is 0. The Kier molecular flexibility index (Phi) is 7.62. The van der Waals surface area contributed by atoms with E-state index in [4.69, 9.17) is 14.2 Å². The van der Waals surface area contributed by atoms with Gasteiger partial charge in [-0.25, -0.2) is 4.79 Å². The summed E-state index contributed by atoms with van der Waals surface area (Å²) in [5, 5.41) is 21.9. The molecule has 0 saturated carbocycles. The largest absolute Gasteiger partial charge is 0.500 e. The van der Waals surface area contributed by atoms with Crippen LogP contribution in [0.25, 0.3) is 0 Å². The van der Waals surface area contributed by atoms with Gasteiger partial charge in [0.2, 0.25) is 6.23 Å². The van der Waals surface area contributed by atoms with Gasteiger partial charge in [0, 0.05) is 6.54 Å². The van der Waals surface area contributed by atoms with Crippen molar-refractivity contribution in [2.45, 2.75) is 31.5 Å². The van der Waals surface area contributed by atoms with Crippen LogP contribution in [-0.4, -0.2) is 109 Å². The van der Waals surface area contributed by atoms with E-state index < -0.39 is 49.0 Å². The molecular weight excluding hydrogens is 346 g/mol. The minimum Gasteiger partial charge on any atom is -0.394 e. The molecule has 2 rings (SSSR count). The molecule has 5 atom stereocenters. The highest BCUT2D eigenvalue weighted by Crippen LogP contribution is 2.25. The molecule has 2 heterocycles. The number of aliphatic hydroxyl groups excluding tert-OH is 2. The quantitative estimate of drug-likeness (QED) is 0.313. The lowest BCUT2D eigenvalue weighted by atomic mass is 10.1. The molecule has 3 amide bonds. The molecule has 0 aliphatic carbocycles. The Morgan fingerprint density at radius 2 is 2.04 bits per heavy atom. The number of carbonyl (C=O) groups excluding carboxylic acids is 2. The van der Waals surface area contributed by atoms with Crippen molar-refractivity contribution >= 4 is 18.2 Å². The summed E-state index contributed by atoms with van der Waals surface area (Å²) in [7, 11) is 3.88. The van der Waals surface area contributed by atoms with Crippen LogP contribution in [0.4, 0.5) is 4.79 Å². The Morgan fingerprint density at radius 1 is 1.31 bits per heavy atom. The molecule has 2 unspecified atom stereocenters. The number of nitrogens with zero attached hydrogens (tertiary/aromatic N) is 2. The van der Waals surface area contributed by atoms with E-state index in [9.17, 15) is 19.8 Å². The zero-order valence-electron chi connectivity index (χ0n) is 15.3. The van der Waals surface area contributed by atoms with Gasteiger partial charge in [-0.15, -0.1) is 0 Å². The first kappa shape index (κ1) is 20.9. The van der Waals surface area contributed by atoms with Gasteiger partial charge in [0.1, 0.15) is 18.1 Å². The van der Waals surface area contributed by atoms with Gasteiger partial charge in [0.05, 0.1) is 32.6 Å². The molecule has 0 aromatic carbocycles. The molecule has 2 aliphatic heterocycles. The summed E-state index contributed by atoms with van der Waals surface area (Å²) in [6.07, 6.45) is -2.37. The van der Waals surface area contributed by atoms with Gasteiger partial charge in [0.25, 0.3) is 0 Å². The SMILES string of the molecule is CC1C=[N+]([C@@H]2O[C@H](CO)C(O)[C@@H]2OCCOCCN(C)C)C(=O)NC1=O. The Hall–Kier alpha value is -1.43. The first-order chi connectivity index (χ1) is 12.3. The third-order valence-electron chi connectivity index (χ3n) is 4.25. The monoisotopic (exact) mass is 374 g/mol. The summed E-state index contributed by atoms with van der Waals surface area (Å²) in [5.41, 5.74) is 0. The van der Waals surface area contributed by atoms with Crippen molar-refractivity contribution < 1.29 is 38.6 Å². The zero-order valence-corrected chi connectivity index (χ0v) is 15.3. The minimum absolute atomic E-state index is 0.192. The number of hydrogen-bond acceptors (Lipinski definition) is 8. The predicted octanol–water partition coefficient (Wildman–Crippen LogP) is -2.00. The number of hydrogen-bond donors (Lipinski definition) is 3. The molecule has 0 spiro atoms. The van der Waals surface area contributed by atoms with E-state index in [1.54, 1.807) is 6.92 Å². The van der Waals surface area contributed by atoms with E-state index in [1.807, 2.05) is 19.0 Å². The third kappa shape index (κ3) is 5.06. The molecule has 3 N–H and O–H groups in total. The molecule has 1 fully saturated rings. The van der Waals surface area contributed by atoms with Crippen LogP contribution >= 0.6 is 0 Å². The average Bonchev–Trinajstić information content (AvgIpc) is 2.90. The maximum absolute atomic E-state index is 12.1. The van der Waals surface area contributed by atoms with Gasteiger partial charge in [-0.1, -0.05) is 0 Å². The van der Waals surface area contributed by atoms with Gasteiger partial charge in [-0.05, 0) is 21.0 Å². The lowest BCUT2D eigenvalue weighted by molar-refractivity contribution is -0.538. The van der Waals surface area contributed by atoms with Gasteiger partial charge >= 0.3 is 11.9 Å². The summed E-state index contributed by atoms with van der Waals surface area (Å²) in [6.45, 7) is 3.05. The summed E-state index contributed by atoms with van der Waals surface area (Å²) in [5.74, 6) is -0.938. The maximum Gasteiger partial charge on any atom is 0.500 e. The fourth-order valence-electron chi connectivity index (χ4n) is 2.73. The highest BCUT2D eigenvalue weighted by molar-refractivity contribution is 6.03. The molecule has 0 aromatic heterocycles. The van der Waals surface area contributed by atoms with Crippen molar-refractivity contribution in [1.82, 2.24) is 10.2 Å². The van der Waals surface area contributed by atoms with Crippen LogP contribution in [-0.2, 0) is 19.0 Å². The third-order valence-corrected chi connectivity index (χ3v) is 4.25. The normalized spacial score (nSPS) is 32.1. The van der Waals surface area contributed by atoms with Crippen molar-refractivity contribution in [3.8, 4) is 0 Å². The lowest BCUT2D eigenvalue weighted by Crippen LogP contribution is -2.54. The molecule has 10 heteroatoms. The van der Waals surface area contributed by atoms with Crippen LogP contribution in [0.1, 0.15) is 6.92 Å². The van der Waals surface area contributed by atoms with Gasteiger partial charge in [0.15, 0.2) is 6.10 Å². The highest BCUT2D eigenvalue weighted by atomic mass is 16.6. The van der Waals surface area contributed by atoms with Crippen molar-refractivity contribution in [2.75, 3.05) is 47.1 Å². The van der Waals surface area contributed by atoms with Crippen molar-refractivity contribution in [2.24, 2.45) is 5.92 Å². The van der Waals surface area contributed by atoms with Crippen molar-refractivity contribution in [3.63, 3.8) is 0 Å². The van der Waals surface area contributed by atoms with Gasteiger partial charge in [-0.2, -0.15) is 14.7 Å². The Labute approximate surface area is 152 Å². The topological polar surface area (TPSA) is 121 Å². The predicted molar refractivity (Wildman–Crippen MR) is 89.9 cm³/mol. The fourth-order valence-corrected chi connectivity index (χ4v) is 2.73. The van der Waals surface area contributed by atoms with E-state index in [0.29, 0.717) is 13.2 Å². The van der Waals surface area contributed by atoms with Crippen molar-refractivity contribution in [1.29, 1.82) is 0 Å². The molecular formula is C16H28N3O7+. The molecule has 148 valence electrons. The number of aliphatic hydroxyl groups is 2. The number of urea groups is 1. The fraction of sp³-hybridized carbons (Fsp3) is 0.812. The molecule has 10 nitrogen and oxygen atoms in total. The van der Waals surface area contributed by atoms with Crippen LogP contribution < -0.4 is 5.32 Å². The molecule has 0 bridgehead atoms. The van der Waals surface area contributed by atoms with Crippen LogP contribution in [0.3, 0.4) is 0 Å². The van der Waals surface area contributed by atoms with Gasteiger partial charge in [-0.3, -0.25) is 0 Å². The maximum atomic E-state index is 12.1. The average molecular weight is 374 g/mol. The molecule has 2 aliphatic rings. The molecule has 0 radical (unpaired) electrons. The van der Waals surface area contributed by atoms with Crippen LogP contribution in [0, 0.1) is 5.92 Å². The first-order valence-corrected chi connectivity index (χ1v) is 8.61. The van der Waals surface area contributed by atoms with Crippen LogP contribution in [0.5, 0.6) is 0 Å².